The van der Waals surface area contributed by atoms with Crippen LogP contribution in [0.3, 0.4) is 0 Å². The lowest BCUT2D eigenvalue weighted by atomic mass is 10.1. The maximum absolute atomic E-state index is 2.67. The highest BCUT2D eigenvalue weighted by Crippen LogP contribution is 2.41. The van der Waals surface area contributed by atoms with E-state index < -0.39 is 0 Å². The largest absolute Gasteiger partial charge is 0.298 e. The molecule has 0 bridgehead atoms. The summed E-state index contributed by atoms with van der Waals surface area (Å²) in [6.07, 6.45) is 2.92. The van der Waals surface area contributed by atoms with Crippen LogP contribution in [0, 0.1) is 11.8 Å². The van der Waals surface area contributed by atoms with Crippen molar-refractivity contribution in [3.8, 4) is 0 Å². The molecular formula is C11H21IN2. The van der Waals surface area contributed by atoms with Crippen LogP contribution < -0.4 is 0 Å². The summed E-state index contributed by atoms with van der Waals surface area (Å²) < 4.78 is 2.40. The molecule has 1 unspecified atom stereocenters. The fourth-order valence-electron chi connectivity index (χ4n) is 2.45. The summed E-state index contributed by atoms with van der Waals surface area (Å²) in [7, 11) is 0. The van der Waals surface area contributed by atoms with E-state index in [-0.39, 0.29) is 0 Å². The maximum atomic E-state index is 2.67. The van der Waals surface area contributed by atoms with E-state index in [4.69, 9.17) is 0 Å². The molecule has 14 heavy (non-hydrogen) atoms. The normalized spacial score (nSPS) is 37.1. The van der Waals surface area contributed by atoms with Crippen LogP contribution in [0.2, 0.25) is 0 Å². The molecule has 0 radical (unpaired) electrons. The number of halogens is 1. The predicted molar refractivity (Wildman–Crippen MR) is 68.5 cm³/mol. The molecule has 2 fully saturated rings. The summed E-state index contributed by atoms with van der Waals surface area (Å²) in [4.78, 5) is 2.67. The molecule has 0 aromatic carbocycles. The molecule has 0 N–H and O–H groups in total. The second-order valence-electron chi connectivity index (χ2n) is 5.00. The number of nitrogens with zero attached hydrogens (tertiary/aromatic N) is 2. The zero-order valence-electron chi connectivity index (χ0n) is 9.25. The van der Waals surface area contributed by atoms with Crippen LogP contribution in [-0.2, 0) is 0 Å². The molecule has 1 saturated heterocycles. The molecular weight excluding hydrogens is 287 g/mol. The molecule has 2 nitrogen and oxygen atoms in total. The van der Waals surface area contributed by atoms with Gasteiger partial charge in [0, 0.05) is 55.1 Å². The van der Waals surface area contributed by atoms with E-state index in [0.717, 1.165) is 17.9 Å². The quantitative estimate of drug-likeness (QED) is 0.583. The second kappa shape index (κ2) is 4.66. The highest BCUT2D eigenvalue weighted by Gasteiger charge is 2.34. The Hall–Kier alpha value is 0.650. The van der Waals surface area contributed by atoms with Gasteiger partial charge in [-0.2, -0.15) is 0 Å². The van der Waals surface area contributed by atoms with Gasteiger partial charge in [-0.15, -0.1) is 0 Å². The van der Waals surface area contributed by atoms with Gasteiger partial charge < -0.3 is 0 Å². The molecule has 0 aromatic rings. The van der Waals surface area contributed by atoms with Crippen molar-refractivity contribution in [2.45, 2.75) is 32.7 Å². The number of rotatable bonds is 3. The van der Waals surface area contributed by atoms with Crippen molar-refractivity contribution in [2.75, 3.05) is 26.2 Å². The van der Waals surface area contributed by atoms with Crippen molar-refractivity contribution in [1.82, 2.24) is 8.01 Å². The summed E-state index contributed by atoms with van der Waals surface area (Å²) in [6.45, 7) is 9.82. The first-order valence-corrected chi connectivity index (χ1v) is 6.78. The number of hydrogen-bond donors (Lipinski definition) is 0. The summed E-state index contributed by atoms with van der Waals surface area (Å²) in [5, 5.41) is 0. The van der Waals surface area contributed by atoms with Crippen LogP contribution in [0.1, 0.15) is 26.7 Å². The first-order valence-electron chi connectivity index (χ1n) is 5.81. The average Bonchev–Trinajstić information content (AvgIpc) is 2.82. The molecule has 1 heterocycles. The molecule has 0 amide bonds. The lowest BCUT2D eigenvalue weighted by Gasteiger charge is -2.35. The molecule has 0 spiro atoms. The van der Waals surface area contributed by atoms with E-state index in [9.17, 15) is 0 Å². The summed E-state index contributed by atoms with van der Waals surface area (Å²) in [6, 6.07) is 0.815. The van der Waals surface area contributed by atoms with E-state index in [1.807, 2.05) is 0 Å². The average molecular weight is 308 g/mol. The summed E-state index contributed by atoms with van der Waals surface area (Å²) in [5.74, 6) is 2.06. The van der Waals surface area contributed by atoms with Crippen molar-refractivity contribution < 1.29 is 0 Å². The van der Waals surface area contributed by atoms with Crippen LogP contribution in [0.5, 0.6) is 0 Å². The predicted octanol–water partition coefficient (Wildman–Crippen LogP) is 2.39. The van der Waals surface area contributed by atoms with Crippen molar-refractivity contribution in [1.29, 1.82) is 0 Å². The lowest BCUT2D eigenvalue weighted by Crippen LogP contribution is -2.46. The fourth-order valence-corrected chi connectivity index (χ4v) is 2.88. The van der Waals surface area contributed by atoms with Gasteiger partial charge in [0.1, 0.15) is 0 Å². The van der Waals surface area contributed by atoms with Crippen LogP contribution in [0.15, 0.2) is 0 Å². The maximum Gasteiger partial charge on any atom is 0.0209 e. The number of piperazine rings is 1. The first kappa shape index (κ1) is 11.1. The first-order chi connectivity index (χ1) is 6.66. The van der Waals surface area contributed by atoms with E-state index in [1.54, 1.807) is 0 Å². The van der Waals surface area contributed by atoms with Gasteiger partial charge in [0.2, 0.25) is 0 Å². The monoisotopic (exact) mass is 308 g/mol. The standard InChI is InChI=1S/C11H21IN2/c1-9-7-11(9)8-10(2)13-3-5-14(12)6-4-13/h9-11H,3-8H2,1-2H3/t9-,10?,11-/m0/s1. The molecule has 1 aliphatic carbocycles. The Labute approximate surface area is 102 Å². The van der Waals surface area contributed by atoms with Gasteiger partial charge in [0.05, 0.1) is 0 Å². The third-order valence-corrected chi connectivity index (χ3v) is 4.77. The minimum absolute atomic E-state index is 0.815. The molecule has 1 aliphatic heterocycles. The Bertz CT molecular complexity index is 190. The smallest absolute Gasteiger partial charge is 0.0209 e. The van der Waals surface area contributed by atoms with E-state index in [0.29, 0.717) is 0 Å². The Kier molecular flexibility index (Phi) is 3.71. The fraction of sp³-hybridized carbons (Fsp3) is 1.00. The Morgan fingerprint density at radius 3 is 2.36 bits per heavy atom. The van der Waals surface area contributed by atoms with Gasteiger partial charge in [-0.1, -0.05) is 6.92 Å². The van der Waals surface area contributed by atoms with Gasteiger partial charge in [-0.3, -0.25) is 4.90 Å². The van der Waals surface area contributed by atoms with Gasteiger partial charge >= 0.3 is 0 Å². The van der Waals surface area contributed by atoms with E-state index >= 15 is 0 Å². The minimum atomic E-state index is 0.815. The van der Waals surface area contributed by atoms with Crippen LogP contribution in [0.25, 0.3) is 0 Å². The SMILES string of the molecule is CC(C[C@@H]1C[C@@H]1C)N1CCN(I)CC1. The third kappa shape index (κ3) is 2.83. The topological polar surface area (TPSA) is 6.48 Å². The van der Waals surface area contributed by atoms with E-state index in [1.165, 1.54) is 39.0 Å². The summed E-state index contributed by atoms with van der Waals surface area (Å²) in [5.41, 5.74) is 0. The zero-order chi connectivity index (χ0) is 10.1. The minimum Gasteiger partial charge on any atom is -0.298 e. The van der Waals surface area contributed by atoms with Gasteiger partial charge in [-0.25, -0.2) is 3.11 Å². The van der Waals surface area contributed by atoms with Crippen LogP contribution in [-0.4, -0.2) is 40.2 Å². The molecule has 3 heteroatoms. The van der Waals surface area contributed by atoms with Crippen LogP contribution >= 0.6 is 22.9 Å². The molecule has 2 aliphatic rings. The molecule has 0 aromatic heterocycles. The van der Waals surface area contributed by atoms with E-state index in [2.05, 4.69) is 44.7 Å². The summed E-state index contributed by atoms with van der Waals surface area (Å²) >= 11 is 2.44. The Balaban J connectivity index is 1.72. The van der Waals surface area contributed by atoms with Crippen molar-refractivity contribution in [3.05, 3.63) is 0 Å². The molecule has 82 valence electrons. The second-order valence-corrected chi connectivity index (χ2v) is 6.37. The van der Waals surface area contributed by atoms with Crippen molar-refractivity contribution >= 4 is 22.9 Å². The molecule has 3 atom stereocenters. The Morgan fingerprint density at radius 1 is 1.29 bits per heavy atom. The number of hydrogen-bond acceptors (Lipinski definition) is 2. The van der Waals surface area contributed by atoms with Crippen molar-refractivity contribution in [2.24, 2.45) is 11.8 Å². The zero-order valence-corrected chi connectivity index (χ0v) is 11.4. The molecule has 2 rings (SSSR count). The third-order valence-electron chi connectivity index (χ3n) is 3.80. The van der Waals surface area contributed by atoms with Gasteiger partial charge in [0.25, 0.3) is 0 Å². The highest BCUT2D eigenvalue weighted by molar-refractivity contribution is 14.1. The Morgan fingerprint density at radius 2 is 1.86 bits per heavy atom. The van der Waals surface area contributed by atoms with Gasteiger partial charge in [-0.05, 0) is 31.6 Å². The van der Waals surface area contributed by atoms with Crippen molar-refractivity contribution in [3.63, 3.8) is 0 Å². The lowest BCUT2D eigenvalue weighted by molar-refractivity contribution is 0.147. The van der Waals surface area contributed by atoms with Gasteiger partial charge in [0.15, 0.2) is 0 Å². The van der Waals surface area contributed by atoms with Crippen LogP contribution in [0.4, 0.5) is 0 Å². The highest BCUT2D eigenvalue weighted by atomic mass is 127. The molecule has 1 saturated carbocycles.